The molecule has 0 saturated carbocycles. The van der Waals surface area contributed by atoms with Gasteiger partial charge >= 0.3 is 0 Å². The molecule has 1 aliphatic rings. The number of rotatable bonds is 3. The van der Waals surface area contributed by atoms with Crippen LogP contribution < -0.4 is 5.32 Å². The van der Waals surface area contributed by atoms with Crippen molar-refractivity contribution in [2.24, 2.45) is 0 Å². The zero-order valence-corrected chi connectivity index (χ0v) is 10.2. The van der Waals surface area contributed by atoms with Gasteiger partial charge in [-0.2, -0.15) is 5.06 Å². The molecule has 1 fully saturated rings. The number of amides is 1. The Kier molecular flexibility index (Phi) is 3.88. The molecular formula is C12H16FN3O2. The molecule has 1 aromatic heterocycles. The second kappa shape index (κ2) is 5.41. The maximum atomic E-state index is 13.6. The van der Waals surface area contributed by atoms with E-state index in [0.717, 1.165) is 11.5 Å². The first-order valence-corrected chi connectivity index (χ1v) is 5.93. The molecule has 1 atom stereocenters. The van der Waals surface area contributed by atoms with Crippen LogP contribution >= 0.6 is 0 Å². The van der Waals surface area contributed by atoms with Gasteiger partial charge in [-0.05, 0) is 31.4 Å². The SMILES string of the molecule is Cc1ccnc(CNC(=O)[C@@H]2CCCN2O)c1F. The minimum absolute atomic E-state index is 0.0384. The van der Waals surface area contributed by atoms with Crippen molar-refractivity contribution in [2.45, 2.75) is 32.4 Å². The molecule has 1 aliphatic heterocycles. The van der Waals surface area contributed by atoms with Crippen molar-refractivity contribution < 1.29 is 14.4 Å². The van der Waals surface area contributed by atoms with Crippen LogP contribution in [0.4, 0.5) is 4.39 Å². The largest absolute Gasteiger partial charge is 0.349 e. The summed E-state index contributed by atoms with van der Waals surface area (Å²) in [6.45, 7) is 2.18. The van der Waals surface area contributed by atoms with E-state index in [2.05, 4.69) is 10.3 Å². The molecule has 0 aromatic carbocycles. The van der Waals surface area contributed by atoms with E-state index in [1.165, 1.54) is 6.20 Å². The Labute approximate surface area is 105 Å². The Morgan fingerprint density at radius 3 is 3.17 bits per heavy atom. The normalized spacial score (nSPS) is 20.1. The highest BCUT2D eigenvalue weighted by atomic mass is 19.1. The number of halogens is 1. The first kappa shape index (κ1) is 12.9. The van der Waals surface area contributed by atoms with E-state index in [4.69, 9.17) is 0 Å². The van der Waals surface area contributed by atoms with Crippen LogP contribution in [0.3, 0.4) is 0 Å². The van der Waals surface area contributed by atoms with E-state index in [9.17, 15) is 14.4 Å². The van der Waals surface area contributed by atoms with Crippen molar-refractivity contribution in [3.05, 3.63) is 29.3 Å². The summed E-state index contributed by atoms with van der Waals surface area (Å²) < 4.78 is 13.6. The van der Waals surface area contributed by atoms with Crippen LogP contribution in [0.5, 0.6) is 0 Å². The molecule has 2 heterocycles. The van der Waals surface area contributed by atoms with E-state index in [1.54, 1.807) is 13.0 Å². The number of carbonyl (C=O) groups excluding carboxylic acids is 1. The lowest BCUT2D eigenvalue weighted by molar-refractivity contribution is -0.145. The zero-order valence-electron chi connectivity index (χ0n) is 10.2. The molecule has 0 bridgehead atoms. The van der Waals surface area contributed by atoms with Crippen molar-refractivity contribution in [3.8, 4) is 0 Å². The molecule has 1 amide bonds. The molecule has 1 aromatic rings. The Morgan fingerprint density at radius 2 is 2.50 bits per heavy atom. The third kappa shape index (κ3) is 2.65. The van der Waals surface area contributed by atoms with Crippen molar-refractivity contribution in [1.82, 2.24) is 15.4 Å². The molecule has 18 heavy (non-hydrogen) atoms. The summed E-state index contributed by atoms with van der Waals surface area (Å²) in [5.41, 5.74) is 0.713. The Hall–Kier alpha value is -1.53. The highest BCUT2D eigenvalue weighted by Crippen LogP contribution is 2.15. The number of hydrogen-bond donors (Lipinski definition) is 2. The molecule has 0 aliphatic carbocycles. The fraction of sp³-hybridized carbons (Fsp3) is 0.500. The molecule has 1 saturated heterocycles. The van der Waals surface area contributed by atoms with Crippen LogP contribution in [0.25, 0.3) is 0 Å². The fourth-order valence-corrected chi connectivity index (χ4v) is 2.03. The van der Waals surface area contributed by atoms with Crippen molar-refractivity contribution >= 4 is 5.91 Å². The van der Waals surface area contributed by atoms with Crippen molar-refractivity contribution in [3.63, 3.8) is 0 Å². The average molecular weight is 253 g/mol. The van der Waals surface area contributed by atoms with Gasteiger partial charge in [-0.3, -0.25) is 9.78 Å². The highest BCUT2D eigenvalue weighted by molar-refractivity contribution is 5.81. The number of hydroxylamine groups is 2. The smallest absolute Gasteiger partial charge is 0.240 e. The fourth-order valence-electron chi connectivity index (χ4n) is 2.03. The quantitative estimate of drug-likeness (QED) is 0.843. The molecule has 0 radical (unpaired) electrons. The number of aromatic nitrogens is 1. The molecule has 98 valence electrons. The first-order chi connectivity index (χ1) is 8.59. The van der Waals surface area contributed by atoms with Crippen LogP contribution in [0, 0.1) is 12.7 Å². The zero-order chi connectivity index (χ0) is 13.1. The second-order valence-corrected chi connectivity index (χ2v) is 4.43. The molecule has 0 spiro atoms. The first-order valence-electron chi connectivity index (χ1n) is 5.93. The van der Waals surface area contributed by atoms with Crippen LogP contribution in [-0.4, -0.2) is 33.7 Å². The van der Waals surface area contributed by atoms with Crippen LogP contribution in [-0.2, 0) is 11.3 Å². The van der Waals surface area contributed by atoms with Gasteiger partial charge < -0.3 is 10.5 Å². The number of carbonyl (C=O) groups is 1. The summed E-state index contributed by atoms with van der Waals surface area (Å²) in [6.07, 6.45) is 2.91. The van der Waals surface area contributed by atoms with E-state index < -0.39 is 11.9 Å². The summed E-state index contributed by atoms with van der Waals surface area (Å²) in [5.74, 6) is -0.692. The predicted octanol–water partition coefficient (Wildman–Crippen LogP) is 0.999. The average Bonchev–Trinajstić information content (AvgIpc) is 2.77. The lowest BCUT2D eigenvalue weighted by Crippen LogP contribution is -2.41. The molecule has 2 rings (SSSR count). The monoisotopic (exact) mass is 253 g/mol. The molecule has 2 N–H and O–H groups in total. The van der Waals surface area contributed by atoms with Gasteiger partial charge in [-0.25, -0.2) is 4.39 Å². The highest BCUT2D eigenvalue weighted by Gasteiger charge is 2.29. The number of nitrogens with zero attached hydrogens (tertiary/aromatic N) is 2. The summed E-state index contributed by atoms with van der Waals surface area (Å²) in [7, 11) is 0. The minimum Gasteiger partial charge on any atom is -0.349 e. The summed E-state index contributed by atoms with van der Waals surface area (Å²) >= 11 is 0. The lowest BCUT2D eigenvalue weighted by atomic mass is 10.2. The van der Waals surface area contributed by atoms with Gasteiger partial charge in [0.1, 0.15) is 11.9 Å². The summed E-state index contributed by atoms with van der Waals surface area (Å²) in [5, 5.41) is 13.1. The predicted molar refractivity (Wildman–Crippen MR) is 62.3 cm³/mol. The van der Waals surface area contributed by atoms with Gasteiger partial charge in [0.05, 0.1) is 12.2 Å². The maximum absolute atomic E-state index is 13.6. The van der Waals surface area contributed by atoms with E-state index >= 15 is 0 Å². The van der Waals surface area contributed by atoms with Crippen LogP contribution in [0.15, 0.2) is 12.3 Å². The van der Waals surface area contributed by atoms with E-state index in [-0.39, 0.29) is 18.1 Å². The second-order valence-electron chi connectivity index (χ2n) is 4.43. The van der Waals surface area contributed by atoms with Gasteiger partial charge in [-0.15, -0.1) is 0 Å². The standard InChI is InChI=1S/C12H16FN3O2/c1-8-4-5-14-9(11(8)13)7-15-12(17)10-3-2-6-16(10)18/h4-5,10,18H,2-3,6-7H2,1H3,(H,15,17)/t10-/m0/s1. The van der Waals surface area contributed by atoms with Gasteiger partial charge in [-0.1, -0.05) is 0 Å². The maximum Gasteiger partial charge on any atom is 0.240 e. The van der Waals surface area contributed by atoms with Gasteiger partial charge in [0.25, 0.3) is 0 Å². The Morgan fingerprint density at radius 1 is 1.72 bits per heavy atom. The molecule has 6 heteroatoms. The number of nitrogens with one attached hydrogen (secondary N) is 1. The van der Waals surface area contributed by atoms with E-state index in [0.29, 0.717) is 18.5 Å². The van der Waals surface area contributed by atoms with Gasteiger partial charge in [0.2, 0.25) is 5.91 Å². The van der Waals surface area contributed by atoms with Crippen molar-refractivity contribution in [2.75, 3.05) is 6.54 Å². The van der Waals surface area contributed by atoms with Crippen LogP contribution in [0.2, 0.25) is 0 Å². The van der Waals surface area contributed by atoms with Crippen molar-refractivity contribution in [1.29, 1.82) is 0 Å². The Bertz CT molecular complexity index is 453. The summed E-state index contributed by atoms with van der Waals surface area (Å²) in [4.78, 5) is 15.7. The third-order valence-electron chi connectivity index (χ3n) is 3.11. The van der Waals surface area contributed by atoms with Gasteiger partial charge in [0, 0.05) is 12.7 Å². The molecule has 5 nitrogen and oxygen atoms in total. The van der Waals surface area contributed by atoms with Gasteiger partial charge in [0.15, 0.2) is 0 Å². The minimum atomic E-state index is -0.530. The number of hydrogen-bond acceptors (Lipinski definition) is 4. The van der Waals surface area contributed by atoms with Crippen LogP contribution in [0.1, 0.15) is 24.1 Å². The summed E-state index contributed by atoms with van der Waals surface area (Å²) in [6, 6.07) is 1.05. The number of pyridine rings is 1. The van der Waals surface area contributed by atoms with E-state index in [1.807, 2.05) is 0 Å². The Balaban J connectivity index is 1.95. The third-order valence-corrected chi connectivity index (χ3v) is 3.11. The lowest BCUT2D eigenvalue weighted by Gasteiger charge is -2.16. The number of aryl methyl sites for hydroxylation is 1. The molecular weight excluding hydrogens is 237 g/mol. The molecule has 0 unspecified atom stereocenters. The topological polar surface area (TPSA) is 65.5 Å².